The van der Waals surface area contributed by atoms with Crippen molar-refractivity contribution in [3.05, 3.63) is 65.7 Å². The fraction of sp³-hybridized carbons (Fsp3) is 0.300. The van der Waals surface area contributed by atoms with Crippen LogP contribution in [0.15, 0.2) is 59.5 Å². The second-order valence-electron chi connectivity index (χ2n) is 6.43. The zero-order valence-corrected chi connectivity index (χ0v) is 15.3. The maximum atomic E-state index is 13.0. The van der Waals surface area contributed by atoms with Crippen molar-refractivity contribution in [1.29, 1.82) is 0 Å². The molecule has 1 aliphatic heterocycles. The molecule has 0 unspecified atom stereocenters. The molecular weight excluding hydrogens is 334 g/mol. The minimum atomic E-state index is -0.874. The van der Waals surface area contributed by atoms with Crippen molar-refractivity contribution < 1.29 is 14.3 Å². The van der Waals surface area contributed by atoms with Gasteiger partial charge in [-0.15, -0.1) is 11.8 Å². The third kappa shape index (κ3) is 3.34. The average Bonchev–Trinajstić information content (AvgIpc) is 2.92. The lowest BCUT2D eigenvalue weighted by Gasteiger charge is -2.31. The Hall–Kier alpha value is -2.11. The van der Waals surface area contributed by atoms with Crippen LogP contribution in [0.4, 0.5) is 0 Å². The summed E-state index contributed by atoms with van der Waals surface area (Å²) in [5.74, 6) is -0.203. The normalized spacial score (nSPS) is 22.0. The topological polar surface area (TPSA) is 46.6 Å². The molecule has 5 heteroatoms. The van der Waals surface area contributed by atoms with E-state index in [4.69, 9.17) is 4.74 Å². The number of benzene rings is 2. The molecule has 1 fully saturated rings. The van der Waals surface area contributed by atoms with Gasteiger partial charge in [0.1, 0.15) is 24.2 Å². The van der Waals surface area contributed by atoms with Gasteiger partial charge in [0, 0.05) is 10.5 Å². The van der Waals surface area contributed by atoms with Gasteiger partial charge in [-0.1, -0.05) is 30.3 Å². The van der Waals surface area contributed by atoms with Gasteiger partial charge in [-0.05, 0) is 49.9 Å². The highest BCUT2D eigenvalue weighted by molar-refractivity contribution is 7.98. The fourth-order valence-corrected chi connectivity index (χ4v) is 3.63. The molecule has 0 aliphatic carbocycles. The van der Waals surface area contributed by atoms with Crippen molar-refractivity contribution >= 4 is 24.0 Å². The standard InChI is InChI=1S/C20H21NO3S/c1-20(2)21(19(23)15-7-5-4-6-8-15)17(13-22)18(24-20)14-9-11-16(25-3)12-10-14/h4-13,17-18H,1-3H3/t17-,18-/m0/s1. The highest BCUT2D eigenvalue weighted by Crippen LogP contribution is 2.41. The minimum absolute atomic E-state index is 0.203. The van der Waals surface area contributed by atoms with E-state index in [2.05, 4.69) is 0 Å². The van der Waals surface area contributed by atoms with E-state index in [0.29, 0.717) is 5.56 Å². The largest absolute Gasteiger partial charge is 0.346 e. The molecule has 130 valence electrons. The van der Waals surface area contributed by atoms with Crippen LogP contribution in [0.5, 0.6) is 0 Å². The van der Waals surface area contributed by atoms with Crippen LogP contribution in [0.1, 0.15) is 35.9 Å². The van der Waals surface area contributed by atoms with Gasteiger partial charge in [0.2, 0.25) is 0 Å². The van der Waals surface area contributed by atoms with Gasteiger partial charge >= 0.3 is 0 Å². The molecular formula is C20H21NO3S. The van der Waals surface area contributed by atoms with Crippen LogP contribution in [-0.4, -0.2) is 35.1 Å². The van der Waals surface area contributed by atoms with Crippen LogP contribution in [0.25, 0.3) is 0 Å². The summed E-state index contributed by atoms with van der Waals surface area (Å²) in [7, 11) is 0. The van der Waals surface area contributed by atoms with Crippen molar-refractivity contribution in [3.8, 4) is 0 Å². The maximum absolute atomic E-state index is 13.0. The van der Waals surface area contributed by atoms with Gasteiger partial charge in [-0.2, -0.15) is 0 Å². The number of hydrogen-bond donors (Lipinski definition) is 0. The molecule has 2 aromatic carbocycles. The van der Waals surface area contributed by atoms with E-state index in [1.54, 1.807) is 28.8 Å². The molecule has 0 radical (unpaired) electrons. The SMILES string of the molecule is CSc1ccc([C@@H]2OC(C)(C)N(C(=O)c3ccccc3)[C@H]2C=O)cc1. The number of thioether (sulfide) groups is 1. The van der Waals surface area contributed by atoms with Crippen LogP contribution < -0.4 is 0 Å². The molecule has 4 nitrogen and oxygen atoms in total. The van der Waals surface area contributed by atoms with Crippen molar-refractivity contribution in [2.24, 2.45) is 0 Å². The second kappa shape index (κ2) is 7.02. The number of carbonyl (C=O) groups excluding carboxylic acids is 2. The van der Waals surface area contributed by atoms with Crippen LogP contribution in [-0.2, 0) is 9.53 Å². The smallest absolute Gasteiger partial charge is 0.256 e. The zero-order valence-electron chi connectivity index (χ0n) is 14.5. The summed E-state index contributed by atoms with van der Waals surface area (Å²) in [5, 5.41) is 0. The lowest BCUT2D eigenvalue weighted by Crippen LogP contribution is -2.48. The predicted octanol–water partition coefficient (Wildman–Crippen LogP) is 3.93. The van der Waals surface area contributed by atoms with Gasteiger partial charge in [-0.3, -0.25) is 9.69 Å². The van der Waals surface area contributed by atoms with Gasteiger partial charge in [0.15, 0.2) is 0 Å². The van der Waals surface area contributed by atoms with Gasteiger partial charge < -0.3 is 9.53 Å². The Morgan fingerprint density at radius 1 is 1.12 bits per heavy atom. The first kappa shape index (κ1) is 17.7. The summed E-state index contributed by atoms with van der Waals surface area (Å²) in [5.41, 5.74) is 0.567. The number of rotatable bonds is 4. The number of ether oxygens (including phenoxy) is 1. The Kier molecular flexibility index (Phi) is 4.97. The third-order valence-electron chi connectivity index (χ3n) is 4.43. The maximum Gasteiger partial charge on any atom is 0.256 e. The van der Waals surface area contributed by atoms with E-state index in [0.717, 1.165) is 16.7 Å². The monoisotopic (exact) mass is 355 g/mol. The minimum Gasteiger partial charge on any atom is -0.346 e. The zero-order chi connectivity index (χ0) is 18.0. The molecule has 2 atom stereocenters. The molecule has 1 aliphatic rings. The fourth-order valence-electron chi connectivity index (χ4n) is 3.22. The molecule has 1 amide bonds. The number of nitrogens with zero attached hydrogens (tertiary/aromatic N) is 1. The lowest BCUT2D eigenvalue weighted by atomic mass is 10.0. The van der Waals surface area contributed by atoms with Crippen LogP contribution in [0, 0.1) is 0 Å². The van der Waals surface area contributed by atoms with Crippen LogP contribution in [0.2, 0.25) is 0 Å². The Labute approximate surface area is 152 Å². The lowest BCUT2D eigenvalue weighted by molar-refractivity contribution is -0.112. The first-order valence-electron chi connectivity index (χ1n) is 8.13. The average molecular weight is 355 g/mol. The number of carbonyl (C=O) groups is 2. The summed E-state index contributed by atoms with van der Waals surface area (Å²) in [4.78, 5) is 27.5. The summed E-state index contributed by atoms with van der Waals surface area (Å²) in [6, 6.07) is 16.2. The van der Waals surface area contributed by atoms with E-state index in [1.807, 2.05) is 62.6 Å². The van der Waals surface area contributed by atoms with Crippen LogP contribution in [0.3, 0.4) is 0 Å². The first-order chi connectivity index (χ1) is 12.0. The number of hydrogen-bond acceptors (Lipinski definition) is 4. The first-order valence-corrected chi connectivity index (χ1v) is 9.36. The van der Waals surface area contributed by atoms with Crippen molar-refractivity contribution in [3.63, 3.8) is 0 Å². The van der Waals surface area contributed by atoms with E-state index in [9.17, 15) is 9.59 Å². The van der Waals surface area contributed by atoms with Gasteiger partial charge in [0.25, 0.3) is 5.91 Å². The van der Waals surface area contributed by atoms with Crippen molar-refractivity contribution in [2.45, 2.75) is 36.6 Å². The third-order valence-corrected chi connectivity index (χ3v) is 5.17. The summed E-state index contributed by atoms with van der Waals surface area (Å²) in [6.07, 6.45) is 2.34. The van der Waals surface area contributed by atoms with E-state index >= 15 is 0 Å². The second-order valence-corrected chi connectivity index (χ2v) is 7.31. The summed E-state index contributed by atoms with van der Waals surface area (Å²) in [6.45, 7) is 3.64. The molecule has 0 bridgehead atoms. The van der Waals surface area contributed by atoms with Crippen LogP contribution >= 0.6 is 11.8 Å². The van der Waals surface area contributed by atoms with E-state index in [1.165, 1.54) is 0 Å². The molecule has 0 saturated carbocycles. The molecule has 2 aromatic rings. The predicted molar refractivity (Wildman–Crippen MR) is 98.6 cm³/mol. The molecule has 3 rings (SSSR count). The quantitative estimate of drug-likeness (QED) is 0.616. The number of amides is 1. The molecule has 1 heterocycles. The highest BCUT2D eigenvalue weighted by atomic mass is 32.2. The summed E-state index contributed by atoms with van der Waals surface area (Å²) >= 11 is 1.65. The van der Waals surface area contributed by atoms with Crippen molar-refractivity contribution in [1.82, 2.24) is 4.90 Å². The van der Waals surface area contributed by atoms with E-state index < -0.39 is 17.9 Å². The van der Waals surface area contributed by atoms with Crippen molar-refractivity contribution in [2.75, 3.05) is 6.26 Å². The summed E-state index contributed by atoms with van der Waals surface area (Å²) < 4.78 is 6.13. The Morgan fingerprint density at radius 3 is 2.32 bits per heavy atom. The van der Waals surface area contributed by atoms with E-state index in [-0.39, 0.29) is 5.91 Å². The Morgan fingerprint density at radius 2 is 1.76 bits per heavy atom. The van der Waals surface area contributed by atoms with Gasteiger partial charge in [0.05, 0.1) is 0 Å². The Balaban J connectivity index is 1.95. The highest BCUT2D eigenvalue weighted by Gasteiger charge is 2.50. The number of aldehydes is 1. The molecule has 0 aromatic heterocycles. The molecule has 25 heavy (non-hydrogen) atoms. The molecule has 0 spiro atoms. The molecule has 1 saturated heterocycles. The van der Waals surface area contributed by atoms with Gasteiger partial charge in [-0.25, -0.2) is 0 Å². The molecule has 0 N–H and O–H groups in total. The Bertz CT molecular complexity index is 758.